The van der Waals surface area contributed by atoms with E-state index in [-0.39, 0.29) is 6.61 Å². The molecule has 1 aromatic carbocycles. The molecule has 0 aliphatic carbocycles. The van der Waals surface area contributed by atoms with Crippen molar-refractivity contribution in [3.63, 3.8) is 0 Å². The SMILES string of the molecule is C[Si](C)(C)C#CCC=Cc1cccc(CO)c1. The van der Waals surface area contributed by atoms with Gasteiger partial charge in [-0.1, -0.05) is 50.0 Å². The van der Waals surface area contributed by atoms with Crippen LogP contribution in [0.1, 0.15) is 17.5 Å². The summed E-state index contributed by atoms with van der Waals surface area (Å²) >= 11 is 0. The zero-order valence-electron chi connectivity index (χ0n) is 10.8. The topological polar surface area (TPSA) is 20.2 Å². The summed E-state index contributed by atoms with van der Waals surface area (Å²) in [6, 6.07) is 7.89. The summed E-state index contributed by atoms with van der Waals surface area (Å²) in [5, 5.41) is 9.02. The molecule has 1 N–H and O–H groups in total. The molecule has 0 bridgehead atoms. The Bertz CT molecular complexity index is 444. The first kappa shape index (κ1) is 13.8. The average Bonchev–Trinajstić information content (AvgIpc) is 2.27. The maximum absolute atomic E-state index is 9.02. The Kier molecular flexibility index (Phi) is 5.21. The van der Waals surface area contributed by atoms with Crippen molar-refractivity contribution >= 4 is 14.1 Å². The van der Waals surface area contributed by atoms with Crippen molar-refractivity contribution in [1.82, 2.24) is 0 Å². The number of hydrogen-bond donors (Lipinski definition) is 1. The lowest BCUT2D eigenvalue weighted by atomic mass is 10.1. The highest BCUT2D eigenvalue weighted by Crippen LogP contribution is 2.07. The van der Waals surface area contributed by atoms with E-state index >= 15 is 0 Å². The van der Waals surface area contributed by atoms with Gasteiger partial charge in [-0.25, -0.2) is 0 Å². The van der Waals surface area contributed by atoms with Crippen molar-refractivity contribution in [2.45, 2.75) is 32.7 Å². The fourth-order valence-corrected chi connectivity index (χ4v) is 2.00. The molecule has 1 nitrogen and oxygen atoms in total. The van der Waals surface area contributed by atoms with Crippen molar-refractivity contribution in [3.05, 3.63) is 41.5 Å². The molecule has 0 fully saturated rings. The fraction of sp³-hybridized carbons (Fsp3) is 0.333. The van der Waals surface area contributed by atoms with Crippen LogP contribution in [-0.4, -0.2) is 13.2 Å². The van der Waals surface area contributed by atoms with Gasteiger partial charge in [0.15, 0.2) is 0 Å². The highest BCUT2D eigenvalue weighted by molar-refractivity contribution is 6.83. The third-order valence-corrected chi connectivity index (χ3v) is 3.05. The molecule has 0 aliphatic rings. The van der Waals surface area contributed by atoms with Crippen LogP contribution in [0.2, 0.25) is 19.6 Å². The Balaban J connectivity index is 2.56. The van der Waals surface area contributed by atoms with Crippen molar-refractivity contribution in [1.29, 1.82) is 0 Å². The monoisotopic (exact) mass is 244 g/mol. The van der Waals surface area contributed by atoms with E-state index in [4.69, 9.17) is 5.11 Å². The molecule has 0 atom stereocenters. The van der Waals surface area contributed by atoms with Crippen molar-refractivity contribution in [3.8, 4) is 11.5 Å². The molecule has 0 unspecified atom stereocenters. The first-order chi connectivity index (χ1) is 8.01. The Labute approximate surface area is 105 Å². The lowest BCUT2D eigenvalue weighted by Crippen LogP contribution is -2.16. The van der Waals surface area contributed by atoms with E-state index in [0.717, 1.165) is 17.5 Å². The summed E-state index contributed by atoms with van der Waals surface area (Å²) < 4.78 is 0. The van der Waals surface area contributed by atoms with Crippen molar-refractivity contribution in [2.24, 2.45) is 0 Å². The van der Waals surface area contributed by atoms with Crippen LogP contribution in [0, 0.1) is 11.5 Å². The van der Waals surface area contributed by atoms with E-state index in [1.54, 1.807) is 0 Å². The number of hydrogen-bond acceptors (Lipinski definition) is 1. The molecule has 1 rings (SSSR count). The number of rotatable bonds is 3. The molecule has 1 aromatic rings. The number of aliphatic hydroxyl groups is 1. The Morgan fingerprint density at radius 2 is 2.06 bits per heavy atom. The molecule has 0 saturated heterocycles. The fourth-order valence-electron chi connectivity index (χ4n) is 1.37. The average molecular weight is 244 g/mol. The maximum atomic E-state index is 9.02. The maximum Gasteiger partial charge on any atom is 0.129 e. The highest BCUT2D eigenvalue weighted by atomic mass is 28.3. The molecule has 17 heavy (non-hydrogen) atoms. The van der Waals surface area contributed by atoms with E-state index in [0.29, 0.717) is 0 Å². The molecule has 0 aliphatic heterocycles. The second-order valence-corrected chi connectivity index (χ2v) is 9.81. The van der Waals surface area contributed by atoms with Gasteiger partial charge in [0, 0.05) is 6.42 Å². The van der Waals surface area contributed by atoms with Crippen LogP contribution in [-0.2, 0) is 6.61 Å². The molecule has 0 saturated carbocycles. The van der Waals surface area contributed by atoms with Gasteiger partial charge in [0.25, 0.3) is 0 Å². The van der Waals surface area contributed by atoms with Gasteiger partial charge in [-0.2, -0.15) is 0 Å². The zero-order valence-corrected chi connectivity index (χ0v) is 11.8. The van der Waals surface area contributed by atoms with Gasteiger partial charge in [-0.3, -0.25) is 0 Å². The number of aliphatic hydroxyl groups excluding tert-OH is 1. The van der Waals surface area contributed by atoms with Crippen LogP contribution in [0.15, 0.2) is 30.3 Å². The van der Waals surface area contributed by atoms with Gasteiger partial charge in [0.2, 0.25) is 0 Å². The molecule has 0 amide bonds. The molecule has 90 valence electrons. The second kappa shape index (κ2) is 6.44. The summed E-state index contributed by atoms with van der Waals surface area (Å²) in [5.41, 5.74) is 5.39. The van der Waals surface area contributed by atoms with Gasteiger partial charge in [-0.15, -0.1) is 11.5 Å². The Morgan fingerprint density at radius 1 is 1.29 bits per heavy atom. The summed E-state index contributed by atoms with van der Waals surface area (Å²) in [5.74, 6) is 3.20. The zero-order chi connectivity index (χ0) is 12.7. The minimum atomic E-state index is -1.23. The normalized spacial score (nSPS) is 11.3. The Hall–Kier alpha value is -1.30. The lowest BCUT2D eigenvalue weighted by molar-refractivity contribution is 0.282. The van der Waals surface area contributed by atoms with Gasteiger partial charge in [0.05, 0.1) is 6.61 Å². The molecular formula is C15H20OSi. The summed E-state index contributed by atoms with van der Waals surface area (Å²) in [7, 11) is -1.23. The van der Waals surface area contributed by atoms with Crippen molar-refractivity contribution in [2.75, 3.05) is 0 Å². The largest absolute Gasteiger partial charge is 0.392 e. The highest BCUT2D eigenvalue weighted by Gasteiger charge is 2.06. The van der Waals surface area contributed by atoms with Gasteiger partial charge in [0.1, 0.15) is 8.07 Å². The van der Waals surface area contributed by atoms with E-state index in [9.17, 15) is 0 Å². The minimum absolute atomic E-state index is 0.0944. The van der Waals surface area contributed by atoms with Gasteiger partial charge >= 0.3 is 0 Å². The molecule has 0 aromatic heterocycles. The number of benzene rings is 1. The lowest BCUT2D eigenvalue weighted by Gasteiger charge is -2.02. The third kappa shape index (κ3) is 6.11. The van der Waals surface area contributed by atoms with E-state index in [1.165, 1.54) is 0 Å². The quantitative estimate of drug-likeness (QED) is 0.637. The van der Waals surface area contributed by atoms with E-state index in [2.05, 4.69) is 43.3 Å². The predicted octanol–water partition coefficient (Wildman–Crippen LogP) is 3.46. The van der Waals surface area contributed by atoms with E-state index < -0.39 is 8.07 Å². The van der Waals surface area contributed by atoms with Gasteiger partial charge < -0.3 is 5.11 Å². The van der Waals surface area contributed by atoms with Crippen LogP contribution >= 0.6 is 0 Å². The van der Waals surface area contributed by atoms with Crippen LogP contribution in [0.4, 0.5) is 0 Å². The summed E-state index contributed by atoms with van der Waals surface area (Å²) in [4.78, 5) is 0. The third-order valence-electron chi connectivity index (χ3n) is 2.13. The van der Waals surface area contributed by atoms with Crippen LogP contribution < -0.4 is 0 Å². The predicted molar refractivity (Wildman–Crippen MR) is 77.1 cm³/mol. The first-order valence-corrected chi connectivity index (χ1v) is 9.37. The van der Waals surface area contributed by atoms with E-state index in [1.807, 2.05) is 24.3 Å². The van der Waals surface area contributed by atoms with Crippen molar-refractivity contribution < 1.29 is 5.11 Å². The molecule has 0 spiro atoms. The summed E-state index contributed by atoms with van der Waals surface area (Å²) in [6.07, 6.45) is 4.93. The molecule has 2 heteroatoms. The van der Waals surface area contributed by atoms with Crippen LogP contribution in [0.5, 0.6) is 0 Å². The van der Waals surface area contributed by atoms with Crippen LogP contribution in [0.3, 0.4) is 0 Å². The smallest absolute Gasteiger partial charge is 0.129 e. The molecular weight excluding hydrogens is 224 g/mol. The second-order valence-electron chi connectivity index (χ2n) is 5.06. The minimum Gasteiger partial charge on any atom is -0.392 e. The van der Waals surface area contributed by atoms with Crippen LogP contribution in [0.25, 0.3) is 6.08 Å². The molecule has 0 heterocycles. The molecule has 0 radical (unpaired) electrons. The number of allylic oxidation sites excluding steroid dienone is 1. The van der Waals surface area contributed by atoms with Gasteiger partial charge in [-0.05, 0) is 17.2 Å². The summed E-state index contributed by atoms with van der Waals surface area (Å²) in [6.45, 7) is 6.83. The first-order valence-electron chi connectivity index (χ1n) is 5.87. The standard InChI is InChI=1S/C15H20OSi/c1-17(2,3)11-6-4-5-8-14-9-7-10-15(12-14)13-16/h5,7-10,12,16H,4,13H2,1-3H3. The Morgan fingerprint density at radius 3 is 2.71 bits per heavy atom.